The Bertz CT molecular complexity index is 632. The SMILES string of the molecule is O=C(COc1ccccc1)NNC(=O)c1ccccc1F. The van der Waals surface area contributed by atoms with Gasteiger partial charge in [0.15, 0.2) is 6.61 Å². The van der Waals surface area contributed by atoms with Crippen LogP contribution in [0.5, 0.6) is 5.75 Å². The molecule has 0 bridgehead atoms. The van der Waals surface area contributed by atoms with Crippen LogP contribution in [0.2, 0.25) is 0 Å². The molecule has 0 saturated carbocycles. The molecule has 0 aromatic heterocycles. The van der Waals surface area contributed by atoms with Crippen molar-refractivity contribution in [3.8, 4) is 5.75 Å². The van der Waals surface area contributed by atoms with Gasteiger partial charge in [-0.05, 0) is 24.3 Å². The first-order valence-corrected chi connectivity index (χ1v) is 6.18. The number of carbonyl (C=O) groups is 2. The van der Waals surface area contributed by atoms with Gasteiger partial charge in [-0.15, -0.1) is 0 Å². The molecule has 21 heavy (non-hydrogen) atoms. The number of benzene rings is 2. The highest BCUT2D eigenvalue weighted by atomic mass is 19.1. The second kappa shape index (κ2) is 7.04. The maximum atomic E-state index is 13.3. The number of para-hydroxylation sites is 1. The summed E-state index contributed by atoms with van der Waals surface area (Å²) in [4.78, 5) is 23.1. The summed E-state index contributed by atoms with van der Waals surface area (Å²) in [5, 5.41) is 0. The first-order chi connectivity index (χ1) is 10.2. The lowest BCUT2D eigenvalue weighted by Crippen LogP contribution is -2.44. The fraction of sp³-hybridized carbons (Fsp3) is 0.0667. The number of carbonyl (C=O) groups excluding carboxylic acids is 2. The lowest BCUT2D eigenvalue weighted by Gasteiger charge is -2.09. The van der Waals surface area contributed by atoms with Crippen molar-refractivity contribution in [2.24, 2.45) is 0 Å². The Labute approximate surface area is 120 Å². The summed E-state index contributed by atoms with van der Waals surface area (Å²) in [6.07, 6.45) is 0. The molecule has 0 fully saturated rings. The van der Waals surface area contributed by atoms with E-state index in [0.717, 1.165) is 6.07 Å². The van der Waals surface area contributed by atoms with Gasteiger partial charge in [0.2, 0.25) is 0 Å². The zero-order valence-electron chi connectivity index (χ0n) is 11.0. The Morgan fingerprint density at radius 2 is 1.62 bits per heavy atom. The Hall–Kier alpha value is -2.89. The molecule has 0 heterocycles. The van der Waals surface area contributed by atoms with E-state index in [9.17, 15) is 14.0 Å². The molecule has 0 saturated heterocycles. The molecular weight excluding hydrogens is 275 g/mol. The molecule has 2 rings (SSSR count). The van der Waals surface area contributed by atoms with E-state index in [4.69, 9.17) is 4.74 Å². The number of halogens is 1. The van der Waals surface area contributed by atoms with Crippen LogP contribution in [0.4, 0.5) is 4.39 Å². The number of hydrogen-bond donors (Lipinski definition) is 2. The first kappa shape index (κ1) is 14.5. The van der Waals surface area contributed by atoms with Crippen LogP contribution in [-0.4, -0.2) is 18.4 Å². The molecule has 0 unspecified atom stereocenters. The molecule has 2 aromatic carbocycles. The maximum absolute atomic E-state index is 13.3. The quantitative estimate of drug-likeness (QED) is 0.841. The third-order valence-corrected chi connectivity index (χ3v) is 2.55. The number of hydrazine groups is 1. The largest absolute Gasteiger partial charge is 0.484 e. The van der Waals surface area contributed by atoms with Crippen molar-refractivity contribution >= 4 is 11.8 Å². The summed E-state index contributed by atoms with van der Waals surface area (Å²) < 4.78 is 18.5. The summed E-state index contributed by atoms with van der Waals surface area (Å²) >= 11 is 0. The fourth-order valence-electron chi connectivity index (χ4n) is 1.54. The summed E-state index contributed by atoms with van der Waals surface area (Å²) in [6, 6.07) is 14.2. The van der Waals surface area contributed by atoms with Crippen molar-refractivity contribution in [3.05, 3.63) is 66.0 Å². The average molecular weight is 288 g/mol. The summed E-state index contributed by atoms with van der Waals surface area (Å²) in [7, 11) is 0. The number of rotatable bonds is 4. The summed E-state index contributed by atoms with van der Waals surface area (Å²) in [6.45, 7) is -0.262. The van der Waals surface area contributed by atoms with Crippen molar-refractivity contribution in [1.29, 1.82) is 0 Å². The number of hydrogen-bond acceptors (Lipinski definition) is 3. The second-order valence-corrected chi connectivity index (χ2v) is 4.08. The third-order valence-electron chi connectivity index (χ3n) is 2.55. The van der Waals surface area contributed by atoms with Crippen LogP contribution < -0.4 is 15.6 Å². The molecule has 0 spiro atoms. The zero-order chi connectivity index (χ0) is 15.1. The Morgan fingerprint density at radius 1 is 0.952 bits per heavy atom. The number of ether oxygens (including phenoxy) is 1. The second-order valence-electron chi connectivity index (χ2n) is 4.08. The van der Waals surface area contributed by atoms with Crippen LogP contribution in [0.3, 0.4) is 0 Å². The highest BCUT2D eigenvalue weighted by Crippen LogP contribution is 2.07. The zero-order valence-corrected chi connectivity index (χ0v) is 11.0. The van der Waals surface area contributed by atoms with Gasteiger partial charge in [-0.2, -0.15) is 0 Å². The topological polar surface area (TPSA) is 67.4 Å². The van der Waals surface area contributed by atoms with Crippen LogP contribution in [0.1, 0.15) is 10.4 Å². The fourth-order valence-corrected chi connectivity index (χ4v) is 1.54. The molecule has 0 aliphatic carbocycles. The predicted molar refractivity (Wildman–Crippen MR) is 73.9 cm³/mol. The monoisotopic (exact) mass is 288 g/mol. The van der Waals surface area contributed by atoms with Crippen LogP contribution in [0.15, 0.2) is 54.6 Å². The number of nitrogens with one attached hydrogen (secondary N) is 2. The van der Waals surface area contributed by atoms with Gasteiger partial charge in [0, 0.05) is 0 Å². The van der Waals surface area contributed by atoms with E-state index in [-0.39, 0.29) is 12.2 Å². The van der Waals surface area contributed by atoms with Crippen LogP contribution in [-0.2, 0) is 4.79 Å². The average Bonchev–Trinajstić information content (AvgIpc) is 2.52. The van der Waals surface area contributed by atoms with Gasteiger partial charge in [0.1, 0.15) is 11.6 Å². The molecule has 0 atom stereocenters. The Balaban J connectivity index is 1.79. The lowest BCUT2D eigenvalue weighted by atomic mass is 10.2. The standard InChI is InChI=1S/C15H13FN2O3/c16-13-9-5-4-8-12(13)15(20)18-17-14(19)10-21-11-6-2-1-3-7-11/h1-9H,10H2,(H,17,19)(H,18,20). The van der Waals surface area contributed by atoms with Gasteiger partial charge in [0.05, 0.1) is 5.56 Å². The third kappa shape index (κ3) is 4.31. The molecule has 6 heteroatoms. The van der Waals surface area contributed by atoms with Crippen LogP contribution >= 0.6 is 0 Å². The normalized spacial score (nSPS) is 9.76. The molecule has 0 aliphatic heterocycles. The molecule has 2 amide bonds. The van der Waals surface area contributed by atoms with Gasteiger partial charge in [-0.3, -0.25) is 20.4 Å². The highest BCUT2D eigenvalue weighted by Gasteiger charge is 2.11. The van der Waals surface area contributed by atoms with Crippen LogP contribution in [0.25, 0.3) is 0 Å². The lowest BCUT2D eigenvalue weighted by molar-refractivity contribution is -0.123. The molecular formula is C15H13FN2O3. The van der Waals surface area contributed by atoms with Gasteiger partial charge in [0.25, 0.3) is 11.8 Å². The smallest absolute Gasteiger partial charge is 0.276 e. The van der Waals surface area contributed by atoms with E-state index in [1.165, 1.54) is 18.2 Å². The molecule has 108 valence electrons. The van der Waals surface area contributed by atoms with E-state index < -0.39 is 17.6 Å². The number of amides is 2. The summed E-state index contributed by atoms with van der Waals surface area (Å²) in [5.74, 6) is -1.41. The predicted octanol–water partition coefficient (Wildman–Crippen LogP) is 1.67. The van der Waals surface area contributed by atoms with E-state index >= 15 is 0 Å². The summed E-state index contributed by atoms with van der Waals surface area (Å²) in [5.41, 5.74) is 4.11. The van der Waals surface area contributed by atoms with Crippen molar-refractivity contribution in [2.75, 3.05) is 6.61 Å². The van der Waals surface area contributed by atoms with E-state index in [2.05, 4.69) is 10.9 Å². The highest BCUT2D eigenvalue weighted by molar-refractivity contribution is 5.95. The molecule has 2 N–H and O–H groups in total. The Morgan fingerprint density at radius 3 is 2.33 bits per heavy atom. The minimum absolute atomic E-state index is 0.151. The molecule has 2 aromatic rings. The Kier molecular flexibility index (Phi) is 4.87. The maximum Gasteiger partial charge on any atom is 0.276 e. The van der Waals surface area contributed by atoms with E-state index in [0.29, 0.717) is 5.75 Å². The van der Waals surface area contributed by atoms with Crippen molar-refractivity contribution in [1.82, 2.24) is 10.9 Å². The van der Waals surface area contributed by atoms with Crippen molar-refractivity contribution < 1.29 is 18.7 Å². The van der Waals surface area contributed by atoms with Crippen LogP contribution in [0, 0.1) is 5.82 Å². The minimum atomic E-state index is -0.735. The molecule has 0 aliphatic rings. The van der Waals surface area contributed by atoms with Crippen molar-refractivity contribution in [2.45, 2.75) is 0 Å². The van der Waals surface area contributed by atoms with Gasteiger partial charge >= 0.3 is 0 Å². The molecule has 0 radical (unpaired) electrons. The molecule has 5 nitrogen and oxygen atoms in total. The van der Waals surface area contributed by atoms with E-state index in [1.807, 2.05) is 6.07 Å². The van der Waals surface area contributed by atoms with Gasteiger partial charge in [-0.25, -0.2) is 4.39 Å². The van der Waals surface area contributed by atoms with E-state index in [1.54, 1.807) is 24.3 Å². The minimum Gasteiger partial charge on any atom is -0.484 e. The van der Waals surface area contributed by atoms with Gasteiger partial charge in [-0.1, -0.05) is 30.3 Å². The van der Waals surface area contributed by atoms with Crippen molar-refractivity contribution in [3.63, 3.8) is 0 Å². The van der Waals surface area contributed by atoms with Gasteiger partial charge < -0.3 is 4.74 Å². The first-order valence-electron chi connectivity index (χ1n) is 6.18.